The lowest BCUT2D eigenvalue weighted by Gasteiger charge is -2.48. The number of nitrogens with one attached hydrogen (secondary N) is 1. The molecule has 0 radical (unpaired) electrons. The van der Waals surface area contributed by atoms with Gasteiger partial charge in [-0.15, -0.1) is 0 Å². The van der Waals surface area contributed by atoms with Crippen LogP contribution in [0.2, 0.25) is 0 Å². The number of benzene rings is 2. The van der Waals surface area contributed by atoms with E-state index in [1.807, 2.05) is 48.5 Å². The monoisotopic (exact) mass is 945 g/mol. The van der Waals surface area contributed by atoms with Gasteiger partial charge >= 0.3 is 53.8 Å². The number of aliphatic carboxylic acids is 1. The van der Waals surface area contributed by atoms with Gasteiger partial charge in [0.2, 0.25) is 0 Å². The predicted molar refractivity (Wildman–Crippen MR) is 219 cm³/mol. The van der Waals surface area contributed by atoms with Gasteiger partial charge in [-0.3, -0.25) is 33.6 Å². The van der Waals surface area contributed by atoms with Gasteiger partial charge in [-0.2, -0.15) is 0 Å². The smallest absolute Gasteiger partial charge is 0.407 e. The molecule has 1 aliphatic carbocycles. The van der Waals surface area contributed by atoms with Gasteiger partial charge in [0.15, 0.2) is 49.1 Å². The van der Waals surface area contributed by atoms with Gasteiger partial charge in [-0.1, -0.05) is 48.5 Å². The summed E-state index contributed by atoms with van der Waals surface area (Å²) in [5, 5.41) is 12.4. The molecular weight excluding hydrogens is 894 g/mol. The van der Waals surface area contributed by atoms with Gasteiger partial charge in [0.25, 0.3) is 0 Å². The van der Waals surface area contributed by atoms with Crippen molar-refractivity contribution >= 4 is 53.8 Å². The number of amides is 1. The molecule has 11 atom stereocenters. The van der Waals surface area contributed by atoms with Gasteiger partial charge in [-0.25, -0.2) is 9.59 Å². The summed E-state index contributed by atoms with van der Waals surface area (Å²) >= 11 is 0. The lowest BCUT2D eigenvalue weighted by molar-refractivity contribution is -0.361. The molecule has 23 nitrogen and oxygen atoms in total. The first kappa shape index (κ1) is 51.3. The van der Waals surface area contributed by atoms with Crippen LogP contribution in [0.5, 0.6) is 0 Å². The summed E-state index contributed by atoms with van der Waals surface area (Å²) in [5.41, 5.74) is 3.73. The summed E-state index contributed by atoms with van der Waals surface area (Å²) in [4.78, 5) is 112. The molecule has 1 amide bonds. The molecule has 364 valence electrons. The number of carboxylic acids is 1. The second-order valence-corrected chi connectivity index (χ2v) is 15.4. The first-order valence-electron chi connectivity index (χ1n) is 20.8. The quantitative estimate of drug-likeness (QED) is 0.158. The topological polar surface area (TPSA) is 297 Å². The van der Waals surface area contributed by atoms with Crippen molar-refractivity contribution in [2.45, 2.75) is 122 Å². The lowest BCUT2D eigenvalue weighted by Crippen LogP contribution is -2.67. The van der Waals surface area contributed by atoms with Crippen molar-refractivity contribution in [3.8, 4) is 11.1 Å². The minimum atomic E-state index is -1.93. The first-order chi connectivity index (χ1) is 31.7. The highest BCUT2D eigenvalue weighted by molar-refractivity contribution is 5.81. The molecule has 3 aliphatic rings. The number of hydrogen-bond donors (Lipinski definition) is 2. The molecule has 0 spiro atoms. The number of esters is 7. The second-order valence-electron chi connectivity index (χ2n) is 15.4. The maximum absolute atomic E-state index is 13.2. The Kier molecular flexibility index (Phi) is 17.7. The average molecular weight is 946 g/mol. The van der Waals surface area contributed by atoms with Gasteiger partial charge in [0.05, 0.1) is 6.61 Å². The Hall–Kier alpha value is -6.69. The van der Waals surface area contributed by atoms with E-state index in [1.54, 1.807) is 0 Å². The lowest BCUT2D eigenvalue weighted by atomic mass is 9.96. The van der Waals surface area contributed by atoms with Crippen molar-refractivity contribution in [1.82, 2.24) is 5.32 Å². The number of rotatable bonds is 18. The van der Waals surface area contributed by atoms with Crippen LogP contribution in [0.25, 0.3) is 11.1 Å². The largest absolute Gasteiger partial charge is 0.480 e. The minimum Gasteiger partial charge on any atom is -0.480 e. The highest BCUT2D eigenvalue weighted by atomic mass is 16.8. The van der Waals surface area contributed by atoms with Crippen LogP contribution < -0.4 is 5.32 Å². The number of alkyl carbamates (subject to hydrolysis) is 1. The Labute approximate surface area is 382 Å². The van der Waals surface area contributed by atoms with Gasteiger partial charge in [0.1, 0.15) is 38.1 Å². The molecule has 2 aliphatic heterocycles. The molecule has 67 heavy (non-hydrogen) atoms. The maximum Gasteiger partial charge on any atom is 0.407 e. The van der Waals surface area contributed by atoms with E-state index in [4.69, 9.17) is 56.8 Å². The SMILES string of the molecule is CC(=O)OC[C@@H]1O[C@@H](O[C@H]2[C@@H](OC(C)=O)[C@@H](OC(C)=O)[C@H](OC[C@H](NC(=O)OCC3c4ccccc4-c4ccccc43)C(=O)O)O[C@H]2COC(C)=O)[C@H](OC(C)=O)[C@H](OC(C)=O)[C@H]1OC(C)=O. The number of carbonyl (C=O) groups is 9. The van der Waals surface area contributed by atoms with Crippen LogP contribution in [0, 0.1) is 0 Å². The van der Waals surface area contributed by atoms with Crippen molar-refractivity contribution in [2.24, 2.45) is 0 Å². The van der Waals surface area contributed by atoms with Crippen LogP contribution in [0.1, 0.15) is 65.5 Å². The van der Waals surface area contributed by atoms with Crippen molar-refractivity contribution in [3.63, 3.8) is 0 Å². The van der Waals surface area contributed by atoms with E-state index in [0.29, 0.717) is 0 Å². The highest BCUT2D eigenvalue weighted by Gasteiger charge is 2.58. The summed E-state index contributed by atoms with van der Waals surface area (Å²) < 4.78 is 67.7. The number of hydrogen-bond acceptors (Lipinski definition) is 21. The van der Waals surface area contributed by atoms with E-state index < -0.39 is 141 Å². The fraction of sp³-hybridized carbons (Fsp3) is 0.523. The van der Waals surface area contributed by atoms with E-state index in [2.05, 4.69) is 5.32 Å². The van der Waals surface area contributed by atoms with Gasteiger partial charge in [-0.05, 0) is 22.3 Å². The molecule has 2 saturated heterocycles. The second kappa shape index (κ2) is 23.2. The standard InChI is InChI=1S/C44H51NO22/c1-20(46)56-18-33-35(60-22(3)48)37(61-23(4)49)40(64-26(7)52)43(66-33)67-36-34(19-57-21(2)47)65-42(39(63-25(6)51)38(36)62-24(5)50)58-17-32(41(53)54)45-44(55)59-16-31-29-14-10-8-12-27(29)28-13-9-11-15-30(28)31/h8-15,31-40,42-43H,16-19H2,1-7H3,(H,45,55)(H,53,54)/t32-,33-,34-,35-,36+,37+,38+,39+,40+,42+,43-/m0/s1. The third-order valence-corrected chi connectivity index (χ3v) is 10.2. The summed E-state index contributed by atoms with van der Waals surface area (Å²) in [5.74, 6) is -8.47. The van der Waals surface area contributed by atoms with Crippen LogP contribution in [-0.2, 0) is 95.2 Å². The van der Waals surface area contributed by atoms with E-state index in [1.165, 1.54) is 0 Å². The molecule has 2 aromatic carbocycles. The molecule has 5 rings (SSSR count). The van der Waals surface area contributed by atoms with Crippen molar-refractivity contribution in [1.29, 1.82) is 0 Å². The molecular formula is C44H51NO22. The normalized spacial score (nSPS) is 25.7. The fourth-order valence-corrected chi connectivity index (χ4v) is 7.75. The van der Waals surface area contributed by atoms with Crippen molar-refractivity contribution in [3.05, 3.63) is 59.7 Å². The fourth-order valence-electron chi connectivity index (χ4n) is 7.75. The first-order valence-corrected chi connectivity index (χ1v) is 20.8. The van der Waals surface area contributed by atoms with E-state index in [0.717, 1.165) is 70.7 Å². The molecule has 2 aromatic rings. The summed E-state index contributed by atoms with van der Waals surface area (Å²) in [6.45, 7) is 4.63. The zero-order chi connectivity index (χ0) is 49.1. The molecule has 0 saturated carbocycles. The summed E-state index contributed by atoms with van der Waals surface area (Å²) in [7, 11) is 0. The maximum atomic E-state index is 13.2. The Bertz CT molecular complexity index is 2130. The van der Waals surface area contributed by atoms with E-state index >= 15 is 0 Å². The van der Waals surface area contributed by atoms with Crippen molar-refractivity contribution in [2.75, 3.05) is 26.4 Å². The third kappa shape index (κ3) is 13.7. The van der Waals surface area contributed by atoms with Crippen LogP contribution in [0.3, 0.4) is 0 Å². The Morgan fingerprint density at radius 2 is 0.940 bits per heavy atom. The zero-order valence-corrected chi connectivity index (χ0v) is 37.4. The summed E-state index contributed by atoms with van der Waals surface area (Å²) in [6.07, 6.45) is -18.6. The van der Waals surface area contributed by atoms with E-state index in [-0.39, 0.29) is 12.5 Å². The number of carboxylic acid groups (broad SMARTS) is 1. The molecule has 23 heteroatoms. The molecule has 2 N–H and O–H groups in total. The van der Waals surface area contributed by atoms with E-state index in [9.17, 15) is 48.3 Å². The Morgan fingerprint density at radius 1 is 0.522 bits per heavy atom. The predicted octanol–water partition coefficient (Wildman–Crippen LogP) is 1.61. The molecule has 0 unspecified atom stereocenters. The Balaban J connectivity index is 1.43. The minimum absolute atomic E-state index is 0.157. The number of ether oxygens (including phenoxy) is 12. The van der Waals surface area contributed by atoms with Crippen LogP contribution in [0.4, 0.5) is 4.79 Å². The number of fused-ring (bicyclic) bond motifs is 3. The molecule has 2 fully saturated rings. The number of carbonyl (C=O) groups excluding carboxylic acids is 8. The average Bonchev–Trinajstić information content (AvgIpc) is 3.56. The molecule has 2 heterocycles. The summed E-state index contributed by atoms with van der Waals surface area (Å²) in [6, 6.07) is 13.3. The highest BCUT2D eigenvalue weighted by Crippen LogP contribution is 2.44. The van der Waals surface area contributed by atoms with Crippen LogP contribution in [-0.4, -0.2) is 153 Å². The third-order valence-electron chi connectivity index (χ3n) is 10.2. The van der Waals surface area contributed by atoms with Gasteiger partial charge in [0, 0.05) is 54.4 Å². The van der Waals surface area contributed by atoms with Crippen LogP contribution >= 0.6 is 0 Å². The Morgan fingerprint density at radius 3 is 1.42 bits per heavy atom. The van der Waals surface area contributed by atoms with Crippen LogP contribution in [0.15, 0.2) is 48.5 Å². The molecule has 0 aromatic heterocycles. The van der Waals surface area contributed by atoms with Crippen molar-refractivity contribution < 1.29 is 105 Å². The zero-order valence-electron chi connectivity index (χ0n) is 37.4. The van der Waals surface area contributed by atoms with Gasteiger partial charge < -0.3 is 67.3 Å². The molecule has 0 bridgehead atoms.